The molecular formula is C15H22N2O2. The summed E-state index contributed by atoms with van der Waals surface area (Å²) in [7, 11) is 0. The van der Waals surface area contributed by atoms with Gasteiger partial charge in [-0.1, -0.05) is 6.92 Å². The Labute approximate surface area is 114 Å². The van der Waals surface area contributed by atoms with Crippen LogP contribution in [0.5, 0.6) is 0 Å². The fourth-order valence-corrected chi connectivity index (χ4v) is 2.21. The molecule has 4 heteroatoms. The summed E-state index contributed by atoms with van der Waals surface area (Å²) in [6, 6.07) is 6.03. The van der Waals surface area contributed by atoms with Crippen molar-refractivity contribution in [3.8, 4) is 0 Å². The number of carbonyl (C=O) groups is 1. The molecule has 1 fully saturated rings. The van der Waals surface area contributed by atoms with E-state index in [1.807, 2.05) is 25.1 Å². The minimum atomic E-state index is -0.00459. The molecule has 0 aliphatic carbocycles. The van der Waals surface area contributed by atoms with E-state index in [1.54, 1.807) is 0 Å². The molecule has 1 amide bonds. The molecule has 1 saturated heterocycles. The molecule has 4 nitrogen and oxygen atoms in total. The number of aryl methyl sites for hydroxylation is 1. The molecule has 0 bridgehead atoms. The summed E-state index contributed by atoms with van der Waals surface area (Å²) >= 11 is 0. The largest absolute Gasteiger partial charge is 0.385 e. The van der Waals surface area contributed by atoms with Gasteiger partial charge in [-0.05, 0) is 43.5 Å². The van der Waals surface area contributed by atoms with Gasteiger partial charge in [0, 0.05) is 24.4 Å². The van der Waals surface area contributed by atoms with Gasteiger partial charge in [0.15, 0.2) is 0 Å². The summed E-state index contributed by atoms with van der Waals surface area (Å²) < 4.78 is 5.26. The summed E-state index contributed by atoms with van der Waals surface area (Å²) in [4.78, 5) is 12.2. The van der Waals surface area contributed by atoms with Crippen LogP contribution in [0, 0.1) is 6.92 Å². The van der Waals surface area contributed by atoms with Gasteiger partial charge in [0.25, 0.3) is 5.91 Å². The highest BCUT2D eigenvalue weighted by Crippen LogP contribution is 2.16. The van der Waals surface area contributed by atoms with Crippen molar-refractivity contribution in [1.82, 2.24) is 5.32 Å². The van der Waals surface area contributed by atoms with Gasteiger partial charge in [-0.25, -0.2) is 0 Å². The summed E-state index contributed by atoms with van der Waals surface area (Å²) in [6.07, 6.45) is 1.99. The molecule has 1 aliphatic rings. The molecule has 1 unspecified atom stereocenters. The predicted molar refractivity (Wildman–Crippen MR) is 76.6 cm³/mol. The minimum Gasteiger partial charge on any atom is -0.385 e. The van der Waals surface area contributed by atoms with Crippen LogP contribution in [-0.4, -0.2) is 31.7 Å². The lowest BCUT2D eigenvalue weighted by Gasteiger charge is -2.13. The van der Waals surface area contributed by atoms with E-state index in [9.17, 15) is 4.79 Å². The van der Waals surface area contributed by atoms with E-state index in [2.05, 4.69) is 17.6 Å². The summed E-state index contributed by atoms with van der Waals surface area (Å²) in [5.41, 5.74) is 2.81. The lowest BCUT2D eigenvalue weighted by molar-refractivity contribution is 0.0929. The van der Waals surface area contributed by atoms with Crippen LogP contribution in [0.2, 0.25) is 0 Å². The highest BCUT2D eigenvalue weighted by molar-refractivity contribution is 5.96. The molecule has 0 spiro atoms. The van der Waals surface area contributed by atoms with Crippen LogP contribution in [0.1, 0.15) is 35.7 Å². The predicted octanol–water partition coefficient (Wildman–Crippen LogP) is 2.34. The normalized spacial score (nSPS) is 18.3. The maximum Gasteiger partial charge on any atom is 0.251 e. The molecule has 2 N–H and O–H groups in total. The first-order valence-corrected chi connectivity index (χ1v) is 6.94. The highest BCUT2D eigenvalue weighted by Gasteiger charge is 2.19. The molecule has 1 atom stereocenters. The molecule has 1 heterocycles. The molecule has 1 aromatic rings. The van der Waals surface area contributed by atoms with Crippen molar-refractivity contribution in [2.45, 2.75) is 32.7 Å². The third kappa shape index (κ3) is 3.70. The maximum absolute atomic E-state index is 12.2. The number of rotatable bonds is 5. The molecular weight excluding hydrogens is 240 g/mol. The molecule has 1 aromatic carbocycles. The van der Waals surface area contributed by atoms with Crippen LogP contribution < -0.4 is 10.6 Å². The lowest BCUT2D eigenvalue weighted by Crippen LogP contribution is -2.35. The zero-order chi connectivity index (χ0) is 13.7. The third-order valence-corrected chi connectivity index (χ3v) is 3.32. The van der Waals surface area contributed by atoms with E-state index in [4.69, 9.17) is 4.74 Å². The van der Waals surface area contributed by atoms with Crippen molar-refractivity contribution in [1.29, 1.82) is 0 Å². The van der Waals surface area contributed by atoms with Gasteiger partial charge in [-0.3, -0.25) is 4.79 Å². The topological polar surface area (TPSA) is 50.4 Å². The Kier molecular flexibility index (Phi) is 4.80. The Hall–Kier alpha value is -1.55. The van der Waals surface area contributed by atoms with Crippen molar-refractivity contribution in [2.75, 3.05) is 25.1 Å². The second-order valence-electron chi connectivity index (χ2n) is 4.99. The number of anilines is 1. The van der Waals surface area contributed by atoms with E-state index in [-0.39, 0.29) is 11.9 Å². The number of ether oxygens (including phenoxy) is 1. The van der Waals surface area contributed by atoms with Gasteiger partial charge >= 0.3 is 0 Å². The van der Waals surface area contributed by atoms with E-state index < -0.39 is 0 Å². The third-order valence-electron chi connectivity index (χ3n) is 3.32. The zero-order valence-electron chi connectivity index (χ0n) is 11.7. The molecule has 0 aromatic heterocycles. The average Bonchev–Trinajstić information content (AvgIpc) is 2.89. The van der Waals surface area contributed by atoms with Gasteiger partial charge in [0.2, 0.25) is 0 Å². The molecule has 2 rings (SSSR count). The Morgan fingerprint density at radius 1 is 1.47 bits per heavy atom. The summed E-state index contributed by atoms with van der Waals surface area (Å²) in [6.45, 7) is 6.41. The molecule has 104 valence electrons. The van der Waals surface area contributed by atoms with E-state index >= 15 is 0 Å². The average molecular weight is 262 g/mol. The fraction of sp³-hybridized carbons (Fsp3) is 0.533. The van der Waals surface area contributed by atoms with Crippen molar-refractivity contribution in [2.24, 2.45) is 0 Å². The number of benzene rings is 1. The second kappa shape index (κ2) is 6.57. The van der Waals surface area contributed by atoms with Crippen molar-refractivity contribution in [3.63, 3.8) is 0 Å². The van der Waals surface area contributed by atoms with Crippen molar-refractivity contribution < 1.29 is 9.53 Å². The zero-order valence-corrected chi connectivity index (χ0v) is 11.7. The fourth-order valence-electron chi connectivity index (χ4n) is 2.21. The van der Waals surface area contributed by atoms with Gasteiger partial charge in [-0.15, -0.1) is 0 Å². The highest BCUT2D eigenvalue weighted by atomic mass is 16.5. The van der Waals surface area contributed by atoms with Gasteiger partial charge < -0.3 is 15.4 Å². The first-order chi connectivity index (χ1) is 9.20. The van der Waals surface area contributed by atoms with E-state index in [1.165, 1.54) is 0 Å². The van der Waals surface area contributed by atoms with Crippen LogP contribution in [0.4, 0.5) is 5.69 Å². The van der Waals surface area contributed by atoms with Crippen LogP contribution in [-0.2, 0) is 4.74 Å². The second-order valence-corrected chi connectivity index (χ2v) is 4.99. The summed E-state index contributed by atoms with van der Waals surface area (Å²) in [5.74, 6) is -0.00459. The van der Waals surface area contributed by atoms with E-state index in [0.29, 0.717) is 6.61 Å². The maximum atomic E-state index is 12.2. The Morgan fingerprint density at radius 3 is 2.95 bits per heavy atom. The SMILES string of the molecule is CCCNc1ccc(C(=O)NC2CCOC2)c(C)c1. The van der Waals surface area contributed by atoms with Crippen LogP contribution in [0.15, 0.2) is 18.2 Å². The molecule has 0 radical (unpaired) electrons. The van der Waals surface area contributed by atoms with Gasteiger partial charge in [-0.2, -0.15) is 0 Å². The monoisotopic (exact) mass is 262 g/mol. The number of carbonyl (C=O) groups excluding carboxylic acids is 1. The minimum absolute atomic E-state index is 0.00459. The van der Waals surface area contributed by atoms with Crippen LogP contribution in [0.3, 0.4) is 0 Å². The van der Waals surface area contributed by atoms with E-state index in [0.717, 1.165) is 42.8 Å². The van der Waals surface area contributed by atoms with Crippen LogP contribution in [0.25, 0.3) is 0 Å². The first-order valence-electron chi connectivity index (χ1n) is 6.94. The molecule has 1 aliphatic heterocycles. The van der Waals surface area contributed by atoms with Gasteiger partial charge in [0.05, 0.1) is 12.6 Å². The Morgan fingerprint density at radius 2 is 2.32 bits per heavy atom. The number of nitrogens with one attached hydrogen (secondary N) is 2. The lowest BCUT2D eigenvalue weighted by atomic mass is 10.1. The Bertz CT molecular complexity index is 440. The first kappa shape index (κ1) is 13.9. The van der Waals surface area contributed by atoms with Crippen molar-refractivity contribution in [3.05, 3.63) is 29.3 Å². The molecule has 19 heavy (non-hydrogen) atoms. The Balaban J connectivity index is 2.00. The quantitative estimate of drug-likeness (QED) is 0.856. The number of hydrogen-bond acceptors (Lipinski definition) is 3. The standard InChI is InChI=1S/C15H22N2O2/c1-3-7-16-12-4-5-14(11(2)9-12)15(18)17-13-6-8-19-10-13/h4-5,9,13,16H,3,6-8,10H2,1-2H3,(H,17,18). The van der Waals surface area contributed by atoms with Crippen LogP contribution >= 0.6 is 0 Å². The van der Waals surface area contributed by atoms with Crippen molar-refractivity contribution >= 4 is 11.6 Å². The number of hydrogen-bond donors (Lipinski definition) is 2. The summed E-state index contributed by atoms with van der Waals surface area (Å²) in [5, 5.41) is 6.34. The smallest absolute Gasteiger partial charge is 0.251 e. The van der Waals surface area contributed by atoms with Gasteiger partial charge in [0.1, 0.15) is 0 Å². The molecule has 0 saturated carbocycles. The number of amides is 1.